The lowest BCUT2D eigenvalue weighted by Crippen LogP contribution is -2.24. The molecule has 1 aliphatic rings. The van der Waals surface area contributed by atoms with Crippen LogP contribution in [0.2, 0.25) is 0 Å². The molecule has 2 rings (SSSR count). The monoisotopic (exact) mass is 235 g/mol. The third kappa shape index (κ3) is 2.55. The Balaban J connectivity index is 2.25. The molecule has 1 saturated carbocycles. The Morgan fingerprint density at radius 1 is 1.29 bits per heavy atom. The molecule has 0 spiro atoms. The van der Waals surface area contributed by atoms with Crippen LogP contribution in [0.3, 0.4) is 0 Å². The first-order valence-electron chi connectivity index (χ1n) is 6.35. The molecule has 3 N–H and O–H groups in total. The van der Waals surface area contributed by atoms with Gasteiger partial charge in [0, 0.05) is 6.04 Å². The summed E-state index contributed by atoms with van der Waals surface area (Å²) in [7, 11) is 1.62. The van der Waals surface area contributed by atoms with Crippen LogP contribution in [0, 0.1) is 5.92 Å². The zero-order chi connectivity index (χ0) is 12.3. The average Bonchev–Trinajstić information content (AvgIpc) is 2.38. The molecule has 1 aromatic carbocycles. The summed E-state index contributed by atoms with van der Waals surface area (Å²) in [5.41, 5.74) is 7.07. The summed E-state index contributed by atoms with van der Waals surface area (Å²) in [6.07, 6.45) is 6.10. The van der Waals surface area contributed by atoms with E-state index in [1.807, 2.05) is 6.07 Å². The lowest BCUT2D eigenvalue weighted by atomic mass is 9.81. The quantitative estimate of drug-likeness (QED) is 0.846. The predicted molar refractivity (Wildman–Crippen MR) is 68.2 cm³/mol. The van der Waals surface area contributed by atoms with Crippen molar-refractivity contribution in [1.29, 1.82) is 0 Å². The number of phenolic OH excluding ortho intramolecular Hbond substituents is 1. The molecule has 3 heteroatoms. The Hall–Kier alpha value is -1.22. The second-order valence-corrected chi connectivity index (χ2v) is 4.82. The summed E-state index contributed by atoms with van der Waals surface area (Å²) in [6, 6.07) is 5.20. The predicted octanol–water partition coefficient (Wildman–Crippen LogP) is 2.98. The van der Waals surface area contributed by atoms with Gasteiger partial charge in [0.15, 0.2) is 0 Å². The molecule has 1 fully saturated rings. The number of phenols is 1. The molecule has 0 heterocycles. The van der Waals surface area contributed by atoms with Gasteiger partial charge in [-0.15, -0.1) is 0 Å². The maximum absolute atomic E-state index is 9.96. The van der Waals surface area contributed by atoms with E-state index in [0.717, 1.165) is 18.4 Å². The normalized spacial score (nSPS) is 18.9. The summed E-state index contributed by atoms with van der Waals surface area (Å²) in [6.45, 7) is 0. The maximum atomic E-state index is 9.96. The first kappa shape index (κ1) is 12.2. The van der Waals surface area contributed by atoms with Crippen molar-refractivity contribution in [3.8, 4) is 11.5 Å². The van der Waals surface area contributed by atoms with Crippen LogP contribution in [0.4, 0.5) is 0 Å². The molecule has 0 radical (unpaired) electrons. The van der Waals surface area contributed by atoms with Gasteiger partial charge in [0.05, 0.1) is 12.7 Å². The van der Waals surface area contributed by atoms with Gasteiger partial charge >= 0.3 is 0 Å². The Labute approximate surface area is 103 Å². The van der Waals surface area contributed by atoms with Gasteiger partial charge in [0.1, 0.15) is 11.5 Å². The topological polar surface area (TPSA) is 55.5 Å². The number of rotatable bonds is 3. The number of hydrogen-bond acceptors (Lipinski definition) is 3. The highest BCUT2D eigenvalue weighted by Gasteiger charge is 2.26. The Morgan fingerprint density at radius 3 is 2.65 bits per heavy atom. The molecule has 94 valence electrons. The first-order valence-corrected chi connectivity index (χ1v) is 6.35. The molecule has 0 amide bonds. The van der Waals surface area contributed by atoms with Crippen LogP contribution in [0.1, 0.15) is 43.7 Å². The molecule has 0 bridgehead atoms. The second-order valence-electron chi connectivity index (χ2n) is 4.82. The van der Waals surface area contributed by atoms with Crippen molar-refractivity contribution >= 4 is 0 Å². The Bertz CT molecular complexity index is 372. The molecule has 0 aliphatic heterocycles. The lowest BCUT2D eigenvalue weighted by molar-refractivity contribution is 0.295. The summed E-state index contributed by atoms with van der Waals surface area (Å²) < 4.78 is 5.30. The number of benzene rings is 1. The minimum absolute atomic E-state index is 0.119. The number of aromatic hydroxyl groups is 1. The zero-order valence-electron chi connectivity index (χ0n) is 10.4. The molecule has 0 unspecified atom stereocenters. The molecule has 0 saturated heterocycles. The van der Waals surface area contributed by atoms with Crippen LogP contribution in [0.5, 0.6) is 11.5 Å². The average molecular weight is 235 g/mol. The molecular weight excluding hydrogens is 214 g/mol. The summed E-state index contributed by atoms with van der Waals surface area (Å²) in [5.74, 6) is 1.41. The highest BCUT2D eigenvalue weighted by atomic mass is 16.5. The largest absolute Gasteiger partial charge is 0.507 e. The summed E-state index contributed by atoms with van der Waals surface area (Å²) in [4.78, 5) is 0. The van der Waals surface area contributed by atoms with Crippen LogP contribution >= 0.6 is 0 Å². The maximum Gasteiger partial charge on any atom is 0.127 e. The van der Waals surface area contributed by atoms with E-state index in [1.165, 1.54) is 19.3 Å². The number of hydrogen-bond donors (Lipinski definition) is 2. The molecule has 0 aromatic heterocycles. The molecule has 3 nitrogen and oxygen atoms in total. The lowest BCUT2D eigenvalue weighted by Gasteiger charge is -2.29. The fraction of sp³-hybridized carbons (Fsp3) is 0.571. The van der Waals surface area contributed by atoms with Gasteiger partial charge in [-0.25, -0.2) is 0 Å². The van der Waals surface area contributed by atoms with E-state index in [-0.39, 0.29) is 11.8 Å². The molecule has 17 heavy (non-hydrogen) atoms. The van der Waals surface area contributed by atoms with Crippen LogP contribution in [0.25, 0.3) is 0 Å². The highest BCUT2D eigenvalue weighted by molar-refractivity contribution is 5.46. The molecule has 1 aromatic rings. The number of nitrogens with two attached hydrogens (primary N) is 1. The van der Waals surface area contributed by atoms with E-state index in [9.17, 15) is 5.11 Å². The van der Waals surface area contributed by atoms with Gasteiger partial charge in [0.2, 0.25) is 0 Å². The van der Waals surface area contributed by atoms with Crippen molar-refractivity contribution in [3.05, 3.63) is 23.8 Å². The summed E-state index contributed by atoms with van der Waals surface area (Å²) in [5, 5.41) is 9.96. The van der Waals surface area contributed by atoms with E-state index in [1.54, 1.807) is 19.2 Å². The van der Waals surface area contributed by atoms with E-state index in [2.05, 4.69) is 0 Å². The van der Waals surface area contributed by atoms with Crippen LogP contribution < -0.4 is 10.5 Å². The summed E-state index contributed by atoms with van der Waals surface area (Å²) >= 11 is 0. The van der Waals surface area contributed by atoms with Crippen molar-refractivity contribution in [2.45, 2.75) is 38.1 Å². The standard InChI is InChI=1S/C14H21NO2/c1-17-12-9-5-8-11(16)13(12)14(15)10-6-3-2-4-7-10/h5,8-10,14,16H,2-4,6-7,15H2,1H3/t14-/m1/s1. The van der Waals surface area contributed by atoms with Crippen molar-refractivity contribution in [3.63, 3.8) is 0 Å². The molecule has 1 atom stereocenters. The zero-order valence-corrected chi connectivity index (χ0v) is 10.4. The van der Waals surface area contributed by atoms with Crippen LogP contribution in [-0.4, -0.2) is 12.2 Å². The van der Waals surface area contributed by atoms with Crippen molar-refractivity contribution < 1.29 is 9.84 Å². The fourth-order valence-electron chi connectivity index (χ4n) is 2.77. The molecular formula is C14H21NO2. The number of ether oxygens (including phenoxy) is 1. The van der Waals surface area contributed by atoms with E-state index < -0.39 is 0 Å². The second kappa shape index (κ2) is 5.41. The van der Waals surface area contributed by atoms with Gasteiger partial charge in [0.25, 0.3) is 0 Å². The Morgan fingerprint density at radius 2 is 2.00 bits per heavy atom. The third-order valence-corrected chi connectivity index (χ3v) is 3.75. The SMILES string of the molecule is COc1cccc(O)c1[C@H](N)C1CCCCC1. The van der Waals surface area contributed by atoms with Gasteiger partial charge in [-0.05, 0) is 30.9 Å². The Kier molecular flexibility index (Phi) is 3.89. The van der Waals surface area contributed by atoms with Gasteiger partial charge in [-0.2, -0.15) is 0 Å². The smallest absolute Gasteiger partial charge is 0.127 e. The van der Waals surface area contributed by atoms with E-state index in [0.29, 0.717) is 11.7 Å². The fourth-order valence-corrected chi connectivity index (χ4v) is 2.77. The minimum Gasteiger partial charge on any atom is -0.507 e. The van der Waals surface area contributed by atoms with Gasteiger partial charge < -0.3 is 15.6 Å². The molecule has 1 aliphatic carbocycles. The van der Waals surface area contributed by atoms with Crippen molar-refractivity contribution in [1.82, 2.24) is 0 Å². The van der Waals surface area contributed by atoms with E-state index in [4.69, 9.17) is 10.5 Å². The van der Waals surface area contributed by atoms with Crippen molar-refractivity contribution in [2.24, 2.45) is 11.7 Å². The highest BCUT2D eigenvalue weighted by Crippen LogP contribution is 2.40. The van der Waals surface area contributed by atoms with Crippen LogP contribution in [-0.2, 0) is 0 Å². The first-order chi connectivity index (χ1) is 8.24. The van der Waals surface area contributed by atoms with Crippen molar-refractivity contribution in [2.75, 3.05) is 7.11 Å². The van der Waals surface area contributed by atoms with Gasteiger partial charge in [-0.1, -0.05) is 25.3 Å². The van der Waals surface area contributed by atoms with Crippen LogP contribution in [0.15, 0.2) is 18.2 Å². The van der Waals surface area contributed by atoms with Gasteiger partial charge in [-0.3, -0.25) is 0 Å². The number of methoxy groups -OCH3 is 1. The van der Waals surface area contributed by atoms with E-state index >= 15 is 0 Å². The minimum atomic E-state index is -0.119. The third-order valence-electron chi connectivity index (χ3n) is 3.75.